The van der Waals surface area contributed by atoms with Crippen LogP contribution in [-0.4, -0.2) is 84.1 Å². The maximum atomic E-state index is 13.0. The first-order valence-electron chi connectivity index (χ1n) is 13.8. The van der Waals surface area contributed by atoms with E-state index in [4.69, 9.17) is 0 Å². The topological polar surface area (TPSA) is 124 Å². The number of amides is 4. The summed E-state index contributed by atoms with van der Waals surface area (Å²) in [5, 5.41) is 5.70. The summed E-state index contributed by atoms with van der Waals surface area (Å²) in [4.78, 5) is 63.3. The minimum absolute atomic E-state index is 0.0771. The second kappa shape index (κ2) is 11.3. The van der Waals surface area contributed by atoms with Crippen LogP contribution in [0.3, 0.4) is 0 Å². The Morgan fingerprint density at radius 1 is 0.732 bits per heavy atom. The Hall–Kier alpha value is -4.86. The Morgan fingerprint density at radius 2 is 1.17 bits per heavy atom. The maximum absolute atomic E-state index is 13.0. The summed E-state index contributed by atoms with van der Waals surface area (Å²) in [5.41, 5.74) is 4.24. The summed E-state index contributed by atoms with van der Waals surface area (Å²) in [5.74, 6) is -0.594. The largest absolute Gasteiger partial charge is 0.352 e. The van der Waals surface area contributed by atoms with Gasteiger partial charge in [0.15, 0.2) is 0 Å². The second-order valence-corrected chi connectivity index (χ2v) is 10.5. The van der Waals surface area contributed by atoms with Crippen LogP contribution in [-0.2, 0) is 9.59 Å². The molecule has 41 heavy (non-hydrogen) atoms. The normalized spacial score (nSPS) is 22.6. The molecule has 0 spiro atoms. The summed E-state index contributed by atoms with van der Waals surface area (Å²) in [6, 6.07) is 14.2. The molecule has 0 saturated carbocycles. The Morgan fingerprint density at radius 3 is 1.63 bits per heavy atom. The van der Waals surface area contributed by atoms with E-state index in [2.05, 4.69) is 20.6 Å². The highest BCUT2D eigenvalue weighted by Crippen LogP contribution is 2.31. The van der Waals surface area contributed by atoms with Crippen molar-refractivity contribution in [2.45, 2.75) is 31.3 Å². The van der Waals surface area contributed by atoms with Crippen LogP contribution in [0.2, 0.25) is 0 Å². The van der Waals surface area contributed by atoms with Gasteiger partial charge in [0.05, 0.1) is 34.6 Å². The molecule has 2 aromatic carbocycles. The summed E-state index contributed by atoms with van der Waals surface area (Å²) < 4.78 is 0. The van der Waals surface area contributed by atoms with Gasteiger partial charge in [0, 0.05) is 50.8 Å². The van der Waals surface area contributed by atoms with E-state index in [1.54, 1.807) is 46.5 Å². The number of rotatable bonds is 6. The highest BCUT2D eigenvalue weighted by atomic mass is 16.2. The van der Waals surface area contributed by atoms with Crippen LogP contribution in [0.1, 0.15) is 40.0 Å². The fraction of sp³-hybridized carbons (Fsp3) is 0.290. The molecule has 4 amide bonds. The predicted octanol–water partition coefficient (Wildman–Crippen LogP) is 2.72. The van der Waals surface area contributed by atoms with Crippen molar-refractivity contribution >= 4 is 47.4 Å². The van der Waals surface area contributed by atoms with E-state index in [0.29, 0.717) is 67.9 Å². The van der Waals surface area contributed by atoms with Crippen molar-refractivity contribution in [2.75, 3.05) is 26.2 Å². The molecule has 0 radical (unpaired) electrons. The molecule has 4 heterocycles. The zero-order chi connectivity index (χ0) is 28.3. The molecule has 10 heteroatoms. The average molecular weight is 551 g/mol. The molecule has 2 aromatic rings. The van der Waals surface area contributed by atoms with Crippen LogP contribution in [0.25, 0.3) is 0 Å². The lowest BCUT2D eigenvalue weighted by atomic mass is 10.1. The number of aliphatic imine (C=N–C) groups is 2. The number of carbonyl (C=O) groups excluding carboxylic acids is 4. The van der Waals surface area contributed by atoms with Gasteiger partial charge in [-0.15, -0.1) is 0 Å². The highest BCUT2D eigenvalue weighted by Gasteiger charge is 2.35. The molecule has 2 atom stereocenters. The highest BCUT2D eigenvalue weighted by molar-refractivity contribution is 6.04. The third-order valence-corrected chi connectivity index (χ3v) is 7.67. The molecule has 0 bridgehead atoms. The van der Waals surface area contributed by atoms with E-state index in [0.717, 1.165) is 11.1 Å². The Balaban J connectivity index is 0.936. The van der Waals surface area contributed by atoms with Crippen LogP contribution < -0.4 is 10.6 Å². The lowest BCUT2D eigenvalue weighted by molar-refractivity contribution is -0.116. The predicted molar refractivity (Wildman–Crippen MR) is 155 cm³/mol. The van der Waals surface area contributed by atoms with Crippen LogP contribution in [0.4, 0.5) is 11.4 Å². The van der Waals surface area contributed by atoms with Crippen LogP contribution in [0.15, 0.2) is 81.8 Å². The quantitative estimate of drug-likeness (QED) is 0.424. The van der Waals surface area contributed by atoms with Gasteiger partial charge in [-0.25, -0.2) is 0 Å². The number of hydrogen-bond acceptors (Lipinski definition) is 6. The fourth-order valence-corrected chi connectivity index (χ4v) is 5.64. The van der Waals surface area contributed by atoms with Crippen molar-refractivity contribution in [2.24, 2.45) is 9.98 Å². The number of nitrogens with one attached hydrogen (secondary N) is 2. The van der Waals surface area contributed by atoms with Gasteiger partial charge in [-0.3, -0.25) is 29.2 Å². The van der Waals surface area contributed by atoms with Gasteiger partial charge in [-0.2, -0.15) is 0 Å². The Kier molecular flexibility index (Phi) is 7.28. The van der Waals surface area contributed by atoms with E-state index >= 15 is 0 Å². The third-order valence-electron chi connectivity index (χ3n) is 7.67. The molecule has 2 N–H and O–H groups in total. The van der Waals surface area contributed by atoms with Gasteiger partial charge in [0.1, 0.15) is 0 Å². The smallest absolute Gasteiger partial charge is 0.256 e. The maximum Gasteiger partial charge on any atom is 0.256 e. The molecule has 0 aromatic heterocycles. The molecule has 4 aliphatic heterocycles. The molecule has 6 rings (SSSR count). The summed E-state index contributed by atoms with van der Waals surface area (Å²) in [7, 11) is 0. The van der Waals surface area contributed by atoms with Crippen molar-refractivity contribution in [1.82, 2.24) is 20.4 Å². The number of hydrogen-bond donors (Lipinski definition) is 2. The minimum atomic E-state index is -0.220. The average Bonchev–Trinajstić information content (AvgIpc) is 3.51. The first-order valence-corrected chi connectivity index (χ1v) is 13.8. The SMILES string of the molecule is O=C(/C=C1\C[C@H]2C=Nc3ccccc3C(=O)N2C1)NCCCNC(=O)/C=C1\C[C@H]2C=Nc3ccccc3C(=O)N2C1. The summed E-state index contributed by atoms with van der Waals surface area (Å²) >= 11 is 0. The van der Waals surface area contributed by atoms with Gasteiger partial charge in [-0.1, -0.05) is 24.3 Å². The summed E-state index contributed by atoms with van der Waals surface area (Å²) in [6.07, 6.45) is 8.40. The number of fused-ring (bicyclic) bond motifs is 4. The number of carbonyl (C=O) groups is 4. The van der Waals surface area contributed by atoms with E-state index in [9.17, 15) is 19.2 Å². The Bertz CT molecular complexity index is 1430. The molecule has 10 nitrogen and oxygen atoms in total. The van der Waals surface area contributed by atoms with E-state index < -0.39 is 0 Å². The molecule has 0 aliphatic carbocycles. The zero-order valence-electron chi connectivity index (χ0n) is 22.5. The molecule has 4 aliphatic rings. The first kappa shape index (κ1) is 26.4. The van der Waals surface area contributed by atoms with Gasteiger partial charge < -0.3 is 20.4 Å². The lowest BCUT2D eigenvalue weighted by Gasteiger charge is -2.19. The van der Waals surface area contributed by atoms with Crippen molar-refractivity contribution in [3.63, 3.8) is 0 Å². The number of benzene rings is 2. The third kappa shape index (κ3) is 5.58. The molecular formula is C31H30N6O4. The van der Waals surface area contributed by atoms with Crippen molar-refractivity contribution in [1.29, 1.82) is 0 Å². The first-order chi connectivity index (χ1) is 20.0. The molecule has 2 saturated heterocycles. The minimum Gasteiger partial charge on any atom is -0.352 e. The van der Waals surface area contributed by atoms with Crippen LogP contribution >= 0.6 is 0 Å². The molecule has 208 valence electrons. The molecule has 0 unspecified atom stereocenters. The molecular weight excluding hydrogens is 520 g/mol. The fourth-order valence-electron chi connectivity index (χ4n) is 5.64. The Labute approximate surface area is 237 Å². The monoisotopic (exact) mass is 550 g/mol. The summed E-state index contributed by atoms with van der Waals surface area (Å²) in [6.45, 7) is 1.59. The van der Waals surface area contributed by atoms with Crippen LogP contribution in [0.5, 0.6) is 0 Å². The van der Waals surface area contributed by atoms with Crippen molar-refractivity contribution < 1.29 is 19.2 Å². The molecule has 2 fully saturated rings. The number of nitrogens with zero attached hydrogens (tertiary/aromatic N) is 4. The van der Waals surface area contributed by atoms with Gasteiger partial charge in [0.2, 0.25) is 11.8 Å². The standard InChI is InChI=1S/C31H30N6O4/c38-28(14-20-12-22-16-34-26-8-3-1-6-24(26)30(40)36(22)18-20)32-10-5-11-33-29(39)15-21-13-23-17-35-27-9-4-2-7-25(27)31(41)37(23)19-21/h1-4,6-9,14-17,22-23H,5,10-13,18-19H2,(H,32,38)(H,33,39)/b20-14+,21-15+/t22-,23-/m0/s1. The van der Waals surface area contributed by atoms with Gasteiger partial charge >= 0.3 is 0 Å². The van der Waals surface area contributed by atoms with Gasteiger partial charge in [-0.05, 0) is 54.7 Å². The lowest BCUT2D eigenvalue weighted by Crippen LogP contribution is -2.35. The number of para-hydroxylation sites is 2. The zero-order valence-corrected chi connectivity index (χ0v) is 22.5. The van der Waals surface area contributed by atoms with E-state index in [1.165, 1.54) is 0 Å². The van der Waals surface area contributed by atoms with Crippen molar-refractivity contribution in [3.05, 3.63) is 83.0 Å². The van der Waals surface area contributed by atoms with Crippen molar-refractivity contribution in [3.8, 4) is 0 Å². The van der Waals surface area contributed by atoms with Gasteiger partial charge in [0.25, 0.3) is 11.8 Å². The van der Waals surface area contributed by atoms with Crippen LogP contribution in [0, 0.1) is 0 Å². The van der Waals surface area contributed by atoms with E-state index in [1.807, 2.05) is 36.4 Å². The van der Waals surface area contributed by atoms with E-state index in [-0.39, 0.29) is 35.7 Å². The second-order valence-electron chi connectivity index (χ2n) is 10.5.